The minimum atomic E-state index is 0.0695. The number of amides is 1. The fourth-order valence-corrected chi connectivity index (χ4v) is 3.30. The Morgan fingerprint density at radius 3 is 3.23 bits per heavy atom. The number of hydrogen-bond donors (Lipinski definition) is 1. The molecule has 1 fully saturated rings. The van der Waals surface area contributed by atoms with E-state index in [0.29, 0.717) is 12.3 Å². The molecule has 6 heteroatoms. The van der Waals surface area contributed by atoms with Crippen molar-refractivity contribution in [3.63, 3.8) is 0 Å². The van der Waals surface area contributed by atoms with Crippen LogP contribution >= 0.6 is 11.8 Å². The number of carbonyl (C=O) groups is 1. The maximum atomic E-state index is 11.8. The molecule has 0 saturated carbocycles. The van der Waals surface area contributed by atoms with Crippen molar-refractivity contribution in [3.8, 4) is 0 Å². The lowest BCUT2D eigenvalue weighted by Gasteiger charge is -2.10. The number of nitrogens with zero attached hydrogens (tertiary/aromatic N) is 2. The minimum absolute atomic E-state index is 0.0695. The highest BCUT2D eigenvalue weighted by Crippen LogP contribution is 2.14. The highest BCUT2D eigenvalue weighted by atomic mass is 32.2. The van der Waals surface area contributed by atoms with Crippen molar-refractivity contribution < 1.29 is 9.53 Å². The second-order valence-corrected chi connectivity index (χ2v) is 6.62. The molecule has 5 nitrogen and oxygen atoms in total. The molecule has 2 aromatic heterocycles. The summed E-state index contributed by atoms with van der Waals surface area (Å²) in [4.78, 5) is 16.3. The first-order valence-corrected chi connectivity index (χ1v) is 8.76. The van der Waals surface area contributed by atoms with Gasteiger partial charge in [-0.2, -0.15) is 0 Å². The second kappa shape index (κ2) is 7.15. The molecule has 1 unspecified atom stereocenters. The van der Waals surface area contributed by atoms with Crippen LogP contribution in [0.2, 0.25) is 0 Å². The zero-order chi connectivity index (χ0) is 15.4. The molecule has 0 aliphatic carbocycles. The van der Waals surface area contributed by atoms with Gasteiger partial charge in [0.05, 0.1) is 17.6 Å². The lowest BCUT2D eigenvalue weighted by molar-refractivity contribution is -0.119. The van der Waals surface area contributed by atoms with Gasteiger partial charge in [0.25, 0.3) is 0 Å². The largest absolute Gasteiger partial charge is 0.376 e. The number of hydrogen-bond acceptors (Lipinski definition) is 4. The molecule has 1 amide bonds. The molecule has 0 radical (unpaired) electrons. The molecule has 1 saturated heterocycles. The molecule has 1 atom stereocenters. The molecule has 3 rings (SSSR count). The number of rotatable bonds is 6. The molecule has 1 aliphatic rings. The number of ether oxygens (including phenoxy) is 1. The first-order chi connectivity index (χ1) is 10.7. The van der Waals surface area contributed by atoms with Crippen molar-refractivity contribution in [2.45, 2.75) is 31.6 Å². The van der Waals surface area contributed by atoms with Gasteiger partial charge in [0, 0.05) is 31.3 Å². The topological polar surface area (TPSA) is 55.6 Å². The lowest BCUT2D eigenvalue weighted by atomic mass is 10.2. The monoisotopic (exact) mass is 319 g/mol. The third kappa shape index (κ3) is 4.01. The van der Waals surface area contributed by atoms with Crippen LogP contribution in [0.4, 0.5) is 0 Å². The smallest absolute Gasteiger partial charge is 0.230 e. The van der Waals surface area contributed by atoms with Gasteiger partial charge in [-0.1, -0.05) is 6.07 Å². The van der Waals surface area contributed by atoms with E-state index in [0.717, 1.165) is 36.5 Å². The van der Waals surface area contributed by atoms with E-state index in [-0.39, 0.29) is 12.0 Å². The molecule has 3 heterocycles. The number of carbonyl (C=O) groups excluding carboxylic acids is 1. The Morgan fingerprint density at radius 1 is 1.50 bits per heavy atom. The summed E-state index contributed by atoms with van der Waals surface area (Å²) in [6.07, 6.45) is 6.44. The van der Waals surface area contributed by atoms with Crippen molar-refractivity contribution >= 4 is 23.3 Å². The standard InChI is InChI=1S/C16H21N3O2S/c1-12-4-5-15-18-13(9-19(15)8-12)10-22-11-16(20)17-7-14-3-2-6-21-14/h4-5,8-9,14H,2-3,6-7,10-11H2,1H3,(H,17,20). The van der Waals surface area contributed by atoms with Crippen LogP contribution in [0, 0.1) is 6.92 Å². The van der Waals surface area contributed by atoms with Gasteiger partial charge in [-0.05, 0) is 31.4 Å². The first-order valence-electron chi connectivity index (χ1n) is 7.61. The number of nitrogens with one attached hydrogen (secondary N) is 1. The summed E-state index contributed by atoms with van der Waals surface area (Å²) in [6, 6.07) is 4.07. The van der Waals surface area contributed by atoms with Crippen LogP contribution in [0.3, 0.4) is 0 Å². The van der Waals surface area contributed by atoms with Crippen LogP contribution in [-0.4, -0.2) is 40.3 Å². The Kier molecular flexibility index (Phi) is 5.00. The van der Waals surface area contributed by atoms with E-state index in [2.05, 4.69) is 29.5 Å². The highest BCUT2D eigenvalue weighted by molar-refractivity contribution is 7.99. The third-order valence-corrected chi connectivity index (χ3v) is 4.65. The van der Waals surface area contributed by atoms with Gasteiger partial charge in [0.15, 0.2) is 0 Å². The number of pyridine rings is 1. The van der Waals surface area contributed by atoms with Crippen LogP contribution in [0.25, 0.3) is 5.65 Å². The number of aryl methyl sites for hydroxylation is 1. The fourth-order valence-electron chi connectivity index (χ4n) is 2.56. The fraction of sp³-hybridized carbons (Fsp3) is 0.500. The van der Waals surface area contributed by atoms with E-state index in [1.54, 1.807) is 11.8 Å². The van der Waals surface area contributed by atoms with Crippen molar-refractivity contribution in [2.75, 3.05) is 18.9 Å². The predicted octanol–water partition coefficient (Wildman–Crippen LogP) is 2.17. The lowest BCUT2D eigenvalue weighted by Crippen LogP contribution is -2.32. The molecule has 22 heavy (non-hydrogen) atoms. The summed E-state index contributed by atoms with van der Waals surface area (Å²) >= 11 is 1.59. The summed E-state index contributed by atoms with van der Waals surface area (Å²) in [6.45, 7) is 3.52. The van der Waals surface area contributed by atoms with Crippen LogP contribution < -0.4 is 5.32 Å². The number of imidazole rings is 1. The van der Waals surface area contributed by atoms with Crippen LogP contribution in [0.1, 0.15) is 24.1 Å². The Labute approximate surface area is 134 Å². The Balaban J connectivity index is 1.42. The van der Waals surface area contributed by atoms with E-state index in [4.69, 9.17) is 4.74 Å². The number of thioether (sulfide) groups is 1. The van der Waals surface area contributed by atoms with Gasteiger partial charge in [-0.15, -0.1) is 11.8 Å². The molecule has 2 aromatic rings. The van der Waals surface area contributed by atoms with Gasteiger partial charge >= 0.3 is 0 Å². The Hall–Kier alpha value is -1.53. The zero-order valence-electron chi connectivity index (χ0n) is 12.7. The maximum Gasteiger partial charge on any atom is 0.230 e. The van der Waals surface area contributed by atoms with Crippen LogP contribution in [0.15, 0.2) is 24.5 Å². The number of aromatic nitrogens is 2. The third-order valence-electron chi connectivity index (χ3n) is 3.68. The molecule has 118 valence electrons. The van der Waals surface area contributed by atoms with Gasteiger partial charge < -0.3 is 14.5 Å². The summed E-state index contributed by atoms with van der Waals surface area (Å²) in [7, 11) is 0. The number of fused-ring (bicyclic) bond motifs is 1. The summed E-state index contributed by atoms with van der Waals surface area (Å²) in [5.74, 6) is 1.27. The zero-order valence-corrected chi connectivity index (χ0v) is 13.6. The Morgan fingerprint density at radius 2 is 2.41 bits per heavy atom. The van der Waals surface area contributed by atoms with Crippen molar-refractivity contribution in [1.29, 1.82) is 0 Å². The molecular weight excluding hydrogens is 298 g/mol. The SMILES string of the molecule is Cc1ccc2nc(CSCC(=O)NCC3CCCO3)cn2c1. The molecular formula is C16H21N3O2S. The maximum absolute atomic E-state index is 11.8. The van der Waals surface area contributed by atoms with Crippen LogP contribution in [0.5, 0.6) is 0 Å². The van der Waals surface area contributed by atoms with Gasteiger partial charge in [0.2, 0.25) is 5.91 Å². The molecule has 0 spiro atoms. The second-order valence-electron chi connectivity index (χ2n) is 5.64. The quantitative estimate of drug-likeness (QED) is 0.886. The van der Waals surface area contributed by atoms with Crippen molar-refractivity contribution in [2.24, 2.45) is 0 Å². The molecule has 0 bridgehead atoms. The van der Waals surface area contributed by atoms with E-state index < -0.39 is 0 Å². The Bertz CT molecular complexity index is 650. The van der Waals surface area contributed by atoms with Gasteiger partial charge in [-0.3, -0.25) is 4.79 Å². The average Bonchev–Trinajstić information content (AvgIpc) is 3.13. The van der Waals surface area contributed by atoms with Gasteiger partial charge in [-0.25, -0.2) is 4.98 Å². The van der Waals surface area contributed by atoms with Crippen molar-refractivity contribution in [3.05, 3.63) is 35.8 Å². The van der Waals surface area contributed by atoms with Gasteiger partial charge in [0.1, 0.15) is 5.65 Å². The molecule has 1 N–H and O–H groups in total. The van der Waals surface area contributed by atoms with E-state index >= 15 is 0 Å². The van der Waals surface area contributed by atoms with Crippen LogP contribution in [-0.2, 0) is 15.3 Å². The predicted molar refractivity (Wildman–Crippen MR) is 88.1 cm³/mol. The summed E-state index contributed by atoms with van der Waals surface area (Å²) in [5.41, 5.74) is 3.16. The van der Waals surface area contributed by atoms with Crippen molar-refractivity contribution in [1.82, 2.24) is 14.7 Å². The first kappa shape index (κ1) is 15.4. The molecule has 0 aromatic carbocycles. The van der Waals surface area contributed by atoms with E-state index in [9.17, 15) is 4.79 Å². The van der Waals surface area contributed by atoms with E-state index in [1.165, 1.54) is 5.56 Å². The van der Waals surface area contributed by atoms with E-state index in [1.807, 2.05) is 16.7 Å². The normalized spacial score (nSPS) is 18.0. The highest BCUT2D eigenvalue weighted by Gasteiger charge is 2.16. The summed E-state index contributed by atoms with van der Waals surface area (Å²) in [5, 5.41) is 2.93. The minimum Gasteiger partial charge on any atom is -0.376 e. The average molecular weight is 319 g/mol. The molecule has 1 aliphatic heterocycles. The summed E-state index contributed by atoms with van der Waals surface area (Å²) < 4.78 is 7.52.